The van der Waals surface area contributed by atoms with Crippen molar-refractivity contribution in [2.45, 2.75) is 18.2 Å². The van der Waals surface area contributed by atoms with Gasteiger partial charge in [-0.1, -0.05) is 13.0 Å². The van der Waals surface area contributed by atoms with Crippen molar-refractivity contribution < 1.29 is 27.4 Å². The summed E-state index contributed by atoms with van der Waals surface area (Å²) in [6.45, 7) is 3.79. The Morgan fingerprint density at radius 1 is 1.17 bits per heavy atom. The van der Waals surface area contributed by atoms with E-state index in [1.807, 2.05) is 6.92 Å². The summed E-state index contributed by atoms with van der Waals surface area (Å²) in [5.41, 5.74) is 0.768. The van der Waals surface area contributed by atoms with Gasteiger partial charge in [0, 0.05) is 24.3 Å². The lowest BCUT2D eigenvalue weighted by Gasteiger charge is -2.26. The number of hydrogen-bond donors (Lipinski definition) is 1. The minimum absolute atomic E-state index is 0.00438. The molecular weight excluding hydrogens is 408 g/mol. The maximum Gasteiger partial charge on any atom is 0.255 e. The summed E-state index contributed by atoms with van der Waals surface area (Å²) in [5, 5.41) is 2.75. The fraction of sp³-hybridized carbons (Fsp3) is 0.381. The van der Waals surface area contributed by atoms with E-state index >= 15 is 0 Å². The van der Waals surface area contributed by atoms with E-state index in [1.165, 1.54) is 23.5 Å². The molecule has 0 atom stereocenters. The minimum atomic E-state index is -3.79. The van der Waals surface area contributed by atoms with Gasteiger partial charge in [-0.3, -0.25) is 4.79 Å². The molecule has 1 N–H and O–H groups in total. The van der Waals surface area contributed by atoms with Crippen LogP contribution in [0.4, 0.5) is 5.69 Å². The predicted octanol–water partition coefficient (Wildman–Crippen LogP) is 2.76. The molecule has 2 aromatic carbocycles. The highest BCUT2D eigenvalue weighted by Gasteiger charge is 2.29. The number of morpholine rings is 1. The predicted molar refractivity (Wildman–Crippen MR) is 113 cm³/mol. The number of sulfonamides is 1. The molecule has 162 valence electrons. The summed E-state index contributed by atoms with van der Waals surface area (Å²) in [7, 11) is -2.38. The van der Waals surface area contributed by atoms with Crippen LogP contribution < -0.4 is 14.8 Å². The number of hydrogen-bond acceptors (Lipinski definition) is 6. The average Bonchev–Trinajstić information content (AvgIpc) is 2.78. The van der Waals surface area contributed by atoms with Crippen molar-refractivity contribution in [1.82, 2.24) is 4.31 Å². The lowest BCUT2D eigenvalue weighted by Crippen LogP contribution is -2.40. The SMILES string of the molecule is CCCOc1cccc(C(=O)Nc2ccc(OC)c(S(=O)(=O)N3CCOCC3)c2)c1. The molecule has 1 aliphatic heterocycles. The Morgan fingerprint density at radius 3 is 2.63 bits per heavy atom. The lowest BCUT2D eigenvalue weighted by molar-refractivity contribution is 0.0729. The Labute approximate surface area is 176 Å². The van der Waals surface area contributed by atoms with Crippen molar-refractivity contribution >= 4 is 21.6 Å². The molecule has 0 unspecified atom stereocenters. The first-order valence-corrected chi connectivity index (χ1v) is 11.2. The summed E-state index contributed by atoms with van der Waals surface area (Å²) in [5.74, 6) is 0.459. The molecule has 1 aliphatic rings. The smallest absolute Gasteiger partial charge is 0.255 e. The van der Waals surface area contributed by atoms with Crippen molar-refractivity contribution in [1.29, 1.82) is 0 Å². The maximum absolute atomic E-state index is 13.1. The van der Waals surface area contributed by atoms with E-state index in [4.69, 9.17) is 14.2 Å². The van der Waals surface area contributed by atoms with Crippen LogP contribution in [0.5, 0.6) is 11.5 Å². The highest BCUT2D eigenvalue weighted by molar-refractivity contribution is 7.89. The number of carbonyl (C=O) groups excluding carboxylic acids is 1. The highest BCUT2D eigenvalue weighted by atomic mass is 32.2. The average molecular weight is 435 g/mol. The molecule has 30 heavy (non-hydrogen) atoms. The van der Waals surface area contributed by atoms with Crippen LogP contribution in [0, 0.1) is 0 Å². The van der Waals surface area contributed by atoms with Crippen LogP contribution in [0.2, 0.25) is 0 Å². The van der Waals surface area contributed by atoms with Crippen molar-refractivity contribution in [2.75, 3.05) is 45.3 Å². The lowest BCUT2D eigenvalue weighted by atomic mass is 10.2. The third-order valence-corrected chi connectivity index (χ3v) is 6.50. The summed E-state index contributed by atoms with van der Waals surface area (Å²) in [6, 6.07) is 11.4. The van der Waals surface area contributed by atoms with Gasteiger partial charge in [-0.2, -0.15) is 4.31 Å². The van der Waals surface area contributed by atoms with E-state index in [-0.39, 0.29) is 29.6 Å². The number of anilines is 1. The van der Waals surface area contributed by atoms with E-state index in [0.717, 1.165) is 6.42 Å². The monoisotopic (exact) mass is 434 g/mol. The molecule has 2 aromatic rings. The van der Waals surface area contributed by atoms with Crippen LogP contribution in [0.3, 0.4) is 0 Å². The molecule has 0 aromatic heterocycles. The largest absolute Gasteiger partial charge is 0.495 e. The number of methoxy groups -OCH3 is 1. The van der Waals surface area contributed by atoms with Crippen LogP contribution in [0.25, 0.3) is 0 Å². The molecular formula is C21H26N2O6S. The second kappa shape index (κ2) is 9.92. The number of carbonyl (C=O) groups is 1. The first kappa shape index (κ1) is 22.1. The fourth-order valence-electron chi connectivity index (χ4n) is 3.03. The van der Waals surface area contributed by atoms with Crippen LogP contribution in [0.1, 0.15) is 23.7 Å². The Morgan fingerprint density at radius 2 is 1.93 bits per heavy atom. The Bertz CT molecular complexity index is 987. The van der Waals surface area contributed by atoms with E-state index in [0.29, 0.717) is 36.8 Å². The molecule has 3 rings (SSSR count). The number of benzene rings is 2. The standard InChI is InChI=1S/C21H26N2O6S/c1-3-11-29-18-6-4-5-16(14-18)21(24)22-17-7-8-19(27-2)20(15-17)30(25,26)23-9-12-28-13-10-23/h4-8,14-15H,3,9-13H2,1-2H3,(H,22,24). The third-order valence-electron chi connectivity index (χ3n) is 4.58. The first-order valence-electron chi connectivity index (χ1n) is 9.76. The van der Waals surface area contributed by atoms with Gasteiger partial charge in [-0.15, -0.1) is 0 Å². The van der Waals surface area contributed by atoms with Gasteiger partial charge in [-0.05, 0) is 42.8 Å². The van der Waals surface area contributed by atoms with Crippen molar-refractivity contribution in [3.05, 3.63) is 48.0 Å². The molecule has 0 bridgehead atoms. The fourth-order valence-corrected chi connectivity index (χ4v) is 4.62. The van der Waals surface area contributed by atoms with Gasteiger partial charge >= 0.3 is 0 Å². The molecule has 1 amide bonds. The van der Waals surface area contributed by atoms with E-state index in [1.54, 1.807) is 30.3 Å². The first-order chi connectivity index (χ1) is 14.5. The zero-order valence-electron chi connectivity index (χ0n) is 17.1. The zero-order chi connectivity index (χ0) is 21.6. The second-order valence-corrected chi connectivity index (χ2v) is 8.62. The van der Waals surface area contributed by atoms with Gasteiger partial charge < -0.3 is 19.5 Å². The summed E-state index contributed by atoms with van der Waals surface area (Å²) in [4.78, 5) is 12.7. The van der Waals surface area contributed by atoms with Gasteiger partial charge in [0.1, 0.15) is 16.4 Å². The Balaban J connectivity index is 1.83. The molecule has 0 radical (unpaired) electrons. The summed E-state index contributed by atoms with van der Waals surface area (Å²) in [6.07, 6.45) is 0.864. The van der Waals surface area contributed by atoms with Crippen LogP contribution in [-0.4, -0.2) is 58.7 Å². The van der Waals surface area contributed by atoms with Crippen LogP contribution >= 0.6 is 0 Å². The summed E-state index contributed by atoms with van der Waals surface area (Å²) >= 11 is 0. The van der Waals surface area contributed by atoms with Gasteiger partial charge in [0.15, 0.2) is 0 Å². The molecule has 0 saturated carbocycles. The number of nitrogens with zero attached hydrogens (tertiary/aromatic N) is 1. The normalized spacial score (nSPS) is 14.9. The number of rotatable bonds is 8. The Kier molecular flexibility index (Phi) is 7.30. The van der Waals surface area contributed by atoms with Gasteiger partial charge in [0.05, 0.1) is 26.9 Å². The Hall–Kier alpha value is -2.62. The van der Waals surface area contributed by atoms with Crippen molar-refractivity contribution in [3.63, 3.8) is 0 Å². The molecule has 1 heterocycles. The maximum atomic E-state index is 13.1. The third kappa shape index (κ3) is 5.10. The number of amides is 1. The van der Waals surface area contributed by atoms with E-state index in [2.05, 4.69) is 5.32 Å². The topological polar surface area (TPSA) is 94.2 Å². The molecule has 0 spiro atoms. The van der Waals surface area contributed by atoms with Crippen LogP contribution in [-0.2, 0) is 14.8 Å². The molecule has 1 saturated heterocycles. The zero-order valence-corrected chi connectivity index (χ0v) is 17.9. The molecule has 8 nitrogen and oxygen atoms in total. The van der Waals surface area contributed by atoms with Gasteiger partial charge in [0.25, 0.3) is 5.91 Å². The summed E-state index contributed by atoms with van der Waals surface area (Å²) < 4.78 is 43.6. The van der Waals surface area contributed by atoms with Crippen LogP contribution in [0.15, 0.2) is 47.4 Å². The number of ether oxygens (including phenoxy) is 3. The van der Waals surface area contributed by atoms with Crippen molar-refractivity contribution in [3.8, 4) is 11.5 Å². The van der Waals surface area contributed by atoms with Gasteiger partial charge in [-0.25, -0.2) is 8.42 Å². The number of nitrogens with one attached hydrogen (secondary N) is 1. The minimum Gasteiger partial charge on any atom is -0.495 e. The van der Waals surface area contributed by atoms with Gasteiger partial charge in [0.2, 0.25) is 10.0 Å². The molecule has 9 heteroatoms. The molecule has 1 fully saturated rings. The van der Waals surface area contributed by atoms with Crippen molar-refractivity contribution in [2.24, 2.45) is 0 Å². The quantitative estimate of drug-likeness (QED) is 0.687. The molecule has 0 aliphatic carbocycles. The van der Waals surface area contributed by atoms with E-state index < -0.39 is 10.0 Å². The highest BCUT2D eigenvalue weighted by Crippen LogP contribution is 2.30. The second-order valence-electron chi connectivity index (χ2n) is 6.71. The van der Waals surface area contributed by atoms with E-state index in [9.17, 15) is 13.2 Å².